The van der Waals surface area contributed by atoms with Crippen LogP contribution in [-0.2, 0) is 22.9 Å². The van der Waals surface area contributed by atoms with E-state index in [0.717, 1.165) is 57.1 Å². The van der Waals surface area contributed by atoms with Crippen LogP contribution in [0.25, 0.3) is 0 Å². The van der Waals surface area contributed by atoms with Crippen LogP contribution in [0.4, 0.5) is 8.78 Å². The molecule has 0 radical (unpaired) electrons. The topological polar surface area (TPSA) is 58.2 Å². The lowest BCUT2D eigenvalue weighted by atomic mass is 9.75. The molecule has 208 valence electrons. The number of rotatable bonds is 9. The highest BCUT2D eigenvalue weighted by atomic mass is 32.2. The minimum Gasteiger partial charge on any atom is -0.313 e. The van der Waals surface area contributed by atoms with Gasteiger partial charge in [0.05, 0.1) is 0 Å². The molecule has 0 amide bonds. The van der Waals surface area contributed by atoms with Crippen LogP contribution < -0.4 is 10.0 Å². The van der Waals surface area contributed by atoms with Gasteiger partial charge < -0.3 is 5.32 Å². The van der Waals surface area contributed by atoms with E-state index in [1.807, 2.05) is 12.1 Å². The van der Waals surface area contributed by atoms with Crippen LogP contribution in [0, 0.1) is 30.4 Å². The van der Waals surface area contributed by atoms with E-state index >= 15 is 0 Å². The lowest BCUT2D eigenvalue weighted by Gasteiger charge is -2.36. The average molecular weight is 553 g/mol. The predicted octanol–water partition coefficient (Wildman–Crippen LogP) is 6.29. The predicted molar refractivity (Wildman–Crippen MR) is 151 cm³/mol. The zero-order valence-corrected chi connectivity index (χ0v) is 23.3. The molecule has 0 aliphatic heterocycles. The third kappa shape index (κ3) is 6.94. The van der Waals surface area contributed by atoms with Crippen molar-refractivity contribution in [3.05, 3.63) is 101 Å². The Morgan fingerprint density at radius 1 is 0.846 bits per heavy atom. The number of benzene rings is 3. The van der Waals surface area contributed by atoms with Crippen LogP contribution in [0.15, 0.2) is 71.6 Å². The van der Waals surface area contributed by atoms with Crippen molar-refractivity contribution in [2.45, 2.75) is 68.7 Å². The van der Waals surface area contributed by atoms with E-state index < -0.39 is 15.8 Å². The van der Waals surface area contributed by atoms with Gasteiger partial charge in [-0.3, -0.25) is 0 Å². The fourth-order valence-corrected chi connectivity index (χ4v) is 7.51. The maximum absolute atomic E-state index is 14.2. The monoisotopic (exact) mass is 552 g/mol. The second-order valence-corrected chi connectivity index (χ2v) is 13.1. The summed E-state index contributed by atoms with van der Waals surface area (Å²) in [5.41, 5.74) is 4.36. The van der Waals surface area contributed by atoms with Crippen molar-refractivity contribution in [2.24, 2.45) is 11.8 Å². The Kier molecular flexibility index (Phi) is 8.79. The van der Waals surface area contributed by atoms with Gasteiger partial charge in [0.15, 0.2) is 0 Å². The molecule has 5 rings (SSSR count). The highest BCUT2D eigenvalue weighted by Crippen LogP contribution is 2.36. The van der Waals surface area contributed by atoms with Gasteiger partial charge in [0.2, 0.25) is 10.0 Å². The molecule has 2 N–H and O–H groups in total. The first-order chi connectivity index (χ1) is 18.8. The van der Waals surface area contributed by atoms with Crippen LogP contribution in [0.1, 0.15) is 60.3 Å². The molecular weight excluding hydrogens is 514 g/mol. The largest absolute Gasteiger partial charge is 0.313 e. The Bertz CT molecular complexity index is 1370. The molecule has 0 heterocycles. The summed E-state index contributed by atoms with van der Waals surface area (Å²) in [6.45, 7) is 3.00. The Labute approximate surface area is 231 Å². The Hall–Kier alpha value is -2.61. The molecule has 2 unspecified atom stereocenters. The number of aryl methyl sites for hydroxylation is 2. The second kappa shape index (κ2) is 12.3. The summed E-state index contributed by atoms with van der Waals surface area (Å²) in [7, 11) is -3.87. The van der Waals surface area contributed by atoms with E-state index in [1.54, 1.807) is 25.1 Å². The summed E-state index contributed by atoms with van der Waals surface area (Å²) in [5, 5.41) is 3.87. The summed E-state index contributed by atoms with van der Waals surface area (Å²) in [5.74, 6) is 0.218. The smallest absolute Gasteiger partial charge is 0.243 e. The zero-order chi connectivity index (χ0) is 27.4. The third-order valence-corrected chi connectivity index (χ3v) is 10.0. The van der Waals surface area contributed by atoms with Crippen molar-refractivity contribution >= 4 is 10.0 Å². The summed E-state index contributed by atoms with van der Waals surface area (Å²) >= 11 is 0. The number of hydrogen-bond donors (Lipinski definition) is 2. The number of fused-ring (bicyclic) bond motifs is 1. The molecule has 1 saturated carbocycles. The molecule has 2 atom stereocenters. The SMILES string of the molecule is Cc1ccc(S(=O)(=O)NCC2CCC(CNC3CCc4cc(F)ccc4C3Cc3ccccc3)CC2)c(F)c1. The van der Waals surface area contributed by atoms with Crippen molar-refractivity contribution in [2.75, 3.05) is 13.1 Å². The Morgan fingerprint density at radius 2 is 1.56 bits per heavy atom. The fourth-order valence-electron chi connectivity index (χ4n) is 6.33. The van der Waals surface area contributed by atoms with Crippen LogP contribution in [0.5, 0.6) is 0 Å². The van der Waals surface area contributed by atoms with Crippen LogP contribution >= 0.6 is 0 Å². The normalized spacial score (nSPS) is 23.4. The molecule has 4 nitrogen and oxygen atoms in total. The van der Waals surface area contributed by atoms with E-state index in [4.69, 9.17) is 0 Å². The molecule has 0 spiro atoms. The van der Waals surface area contributed by atoms with Gasteiger partial charge in [-0.05, 0) is 117 Å². The molecule has 0 saturated heterocycles. The maximum atomic E-state index is 14.2. The van der Waals surface area contributed by atoms with E-state index in [0.29, 0.717) is 30.0 Å². The second-order valence-electron chi connectivity index (χ2n) is 11.4. The summed E-state index contributed by atoms with van der Waals surface area (Å²) in [6.07, 6.45) is 6.76. The molecule has 0 bridgehead atoms. The average Bonchev–Trinajstić information content (AvgIpc) is 2.92. The number of halogens is 2. The van der Waals surface area contributed by atoms with Crippen molar-refractivity contribution < 1.29 is 17.2 Å². The number of nitrogens with one attached hydrogen (secondary N) is 2. The molecule has 3 aromatic carbocycles. The van der Waals surface area contributed by atoms with Crippen LogP contribution in [-0.4, -0.2) is 27.5 Å². The molecule has 0 aromatic heterocycles. The molecular formula is C32H38F2N2O2S. The summed E-state index contributed by atoms with van der Waals surface area (Å²) in [6, 6.07) is 20.3. The maximum Gasteiger partial charge on any atom is 0.243 e. The summed E-state index contributed by atoms with van der Waals surface area (Å²) in [4.78, 5) is -0.284. The number of sulfonamides is 1. The van der Waals surface area contributed by atoms with E-state index in [-0.39, 0.29) is 16.6 Å². The van der Waals surface area contributed by atoms with Gasteiger partial charge in [-0.2, -0.15) is 0 Å². The van der Waals surface area contributed by atoms with Gasteiger partial charge in [0.1, 0.15) is 16.5 Å². The fraction of sp³-hybridized carbons (Fsp3) is 0.438. The van der Waals surface area contributed by atoms with Gasteiger partial charge in [-0.15, -0.1) is 0 Å². The van der Waals surface area contributed by atoms with Gasteiger partial charge in [-0.1, -0.05) is 42.5 Å². The Morgan fingerprint density at radius 3 is 2.28 bits per heavy atom. The molecule has 7 heteroatoms. The van der Waals surface area contributed by atoms with Gasteiger partial charge >= 0.3 is 0 Å². The minimum atomic E-state index is -3.87. The minimum absolute atomic E-state index is 0.165. The molecule has 39 heavy (non-hydrogen) atoms. The van der Waals surface area contributed by atoms with Crippen molar-refractivity contribution in [1.82, 2.24) is 10.0 Å². The Balaban J connectivity index is 1.14. The van der Waals surface area contributed by atoms with E-state index in [1.165, 1.54) is 23.3 Å². The summed E-state index contributed by atoms with van der Waals surface area (Å²) < 4.78 is 56.1. The van der Waals surface area contributed by atoms with Gasteiger partial charge in [-0.25, -0.2) is 21.9 Å². The molecule has 2 aliphatic rings. The lowest BCUT2D eigenvalue weighted by molar-refractivity contribution is 0.252. The first-order valence-electron chi connectivity index (χ1n) is 14.1. The molecule has 1 fully saturated rings. The van der Waals surface area contributed by atoms with E-state index in [2.05, 4.69) is 34.3 Å². The van der Waals surface area contributed by atoms with Gasteiger partial charge in [0, 0.05) is 18.5 Å². The number of hydrogen-bond acceptors (Lipinski definition) is 3. The van der Waals surface area contributed by atoms with Crippen molar-refractivity contribution in [3.63, 3.8) is 0 Å². The zero-order valence-electron chi connectivity index (χ0n) is 22.5. The quantitative estimate of drug-likeness (QED) is 0.328. The molecule has 3 aromatic rings. The van der Waals surface area contributed by atoms with E-state index in [9.17, 15) is 17.2 Å². The highest BCUT2D eigenvalue weighted by Gasteiger charge is 2.31. The van der Waals surface area contributed by atoms with Gasteiger partial charge in [0.25, 0.3) is 0 Å². The standard InChI is InChI=1S/C32H38F2N2O2S/c1-22-7-16-32(30(34)17-22)39(37,38)36-21-25-10-8-24(9-11-25)20-35-31-15-12-26-19-27(33)13-14-28(26)29(31)18-23-5-3-2-4-6-23/h2-7,13-14,16-17,19,24-25,29,31,35-36H,8-12,15,18,20-21H2,1H3. The van der Waals surface area contributed by atoms with Crippen LogP contribution in [0.2, 0.25) is 0 Å². The third-order valence-electron chi connectivity index (χ3n) is 8.59. The highest BCUT2D eigenvalue weighted by molar-refractivity contribution is 7.89. The first-order valence-corrected chi connectivity index (χ1v) is 15.6. The van der Waals surface area contributed by atoms with Crippen molar-refractivity contribution in [3.8, 4) is 0 Å². The first kappa shape index (κ1) is 27.9. The molecule has 2 aliphatic carbocycles. The van der Waals surface area contributed by atoms with Crippen molar-refractivity contribution in [1.29, 1.82) is 0 Å². The van der Waals surface area contributed by atoms with Crippen LogP contribution in [0.3, 0.4) is 0 Å². The lowest BCUT2D eigenvalue weighted by Crippen LogP contribution is -2.42.